The van der Waals surface area contributed by atoms with E-state index < -0.39 is 28.3 Å². The van der Waals surface area contributed by atoms with E-state index in [0.29, 0.717) is 12.8 Å². The summed E-state index contributed by atoms with van der Waals surface area (Å²) in [6.07, 6.45) is 1.69. The fourth-order valence-electron chi connectivity index (χ4n) is 11.7. The Morgan fingerprint density at radius 2 is 1.89 bits per heavy atom. The first-order valence-corrected chi connectivity index (χ1v) is 13.7. The third-order valence-electron chi connectivity index (χ3n) is 12.2. The molecule has 0 aromatic heterocycles. The van der Waals surface area contributed by atoms with E-state index in [0.717, 1.165) is 25.9 Å². The van der Waals surface area contributed by atoms with Gasteiger partial charge in [-0.05, 0) is 31.2 Å². The highest BCUT2D eigenvalue weighted by molar-refractivity contribution is 5.67. The van der Waals surface area contributed by atoms with Crippen LogP contribution in [-0.4, -0.2) is 104 Å². The van der Waals surface area contributed by atoms with Crippen LogP contribution in [0.3, 0.4) is 0 Å². The number of nitrogens with zero attached hydrogens (tertiary/aromatic N) is 1. The molecular weight excluding hydrogens is 466 g/mol. The van der Waals surface area contributed by atoms with E-state index in [1.54, 1.807) is 21.3 Å². The van der Waals surface area contributed by atoms with Crippen molar-refractivity contribution in [2.45, 2.75) is 93.7 Å². The number of aliphatic hydroxyl groups is 1. The van der Waals surface area contributed by atoms with Crippen molar-refractivity contribution in [3.05, 3.63) is 0 Å². The first kappa shape index (κ1) is 24.2. The van der Waals surface area contributed by atoms with Gasteiger partial charge in [0.25, 0.3) is 0 Å². The van der Waals surface area contributed by atoms with Crippen molar-refractivity contribution in [3.63, 3.8) is 0 Å². The van der Waals surface area contributed by atoms with Crippen molar-refractivity contribution in [2.24, 2.45) is 28.6 Å². The Balaban J connectivity index is 1.61. The summed E-state index contributed by atoms with van der Waals surface area (Å²) in [7, 11) is 5.23. The summed E-state index contributed by atoms with van der Waals surface area (Å²) >= 11 is 0. The maximum Gasteiger partial charge on any atom is 0.303 e. The van der Waals surface area contributed by atoms with Gasteiger partial charge in [0.15, 0.2) is 5.60 Å². The highest BCUT2D eigenvalue weighted by Crippen LogP contribution is 2.83. The first-order valence-electron chi connectivity index (χ1n) is 13.7. The molecule has 7 rings (SSSR count). The molecule has 2 saturated heterocycles. The number of fused-ring (bicyclic) bond motifs is 1. The van der Waals surface area contributed by atoms with Crippen LogP contribution >= 0.6 is 0 Å². The summed E-state index contributed by atoms with van der Waals surface area (Å²) in [6, 6.07) is -0.224. The average molecular weight is 508 g/mol. The van der Waals surface area contributed by atoms with Gasteiger partial charge in [0.05, 0.1) is 35.4 Å². The summed E-state index contributed by atoms with van der Waals surface area (Å²) in [6.45, 7) is 7.72. The molecule has 0 radical (unpaired) electrons. The van der Waals surface area contributed by atoms with E-state index in [9.17, 15) is 9.90 Å². The molecule has 1 unspecified atom stereocenters. The molecule has 7 bridgehead atoms. The average Bonchev–Trinajstić information content (AvgIpc) is 3.40. The van der Waals surface area contributed by atoms with E-state index in [2.05, 4.69) is 18.7 Å². The molecule has 9 nitrogen and oxygen atoms in total. The maximum absolute atomic E-state index is 13.4. The number of piperidine rings is 1. The van der Waals surface area contributed by atoms with Crippen LogP contribution in [0.5, 0.6) is 0 Å². The Hall–Kier alpha value is -0.810. The molecule has 5 saturated carbocycles. The van der Waals surface area contributed by atoms with E-state index in [-0.39, 0.29) is 60.3 Å². The molecule has 2 heterocycles. The molecule has 5 aliphatic carbocycles. The van der Waals surface area contributed by atoms with Crippen molar-refractivity contribution in [3.8, 4) is 0 Å². The Kier molecular flexibility index (Phi) is 4.87. The number of carbonyl (C=O) groups excluding carboxylic acids is 1. The Bertz CT molecular complexity index is 979. The molecule has 7 aliphatic rings. The molecule has 0 aromatic rings. The second-order valence-corrected chi connectivity index (χ2v) is 12.9. The zero-order valence-corrected chi connectivity index (χ0v) is 22.3. The number of hydrogen-bond donors (Lipinski definition) is 1. The van der Waals surface area contributed by atoms with Crippen LogP contribution in [0.4, 0.5) is 0 Å². The number of hydrogen-bond acceptors (Lipinski definition) is 9. The van der Waals surface area contributed by atoms with E-state index in [4.69, 9.17) is 28.4 Å². The summed E-state index contributed by atoms with van der Waals surface area (Å²) in [5.74, 6) is -0.771. The molecule has 7 fully saturated rings. The zero-order valence-electron chi connectivity index (χ0n) is 22.3. The highest BCUT2D eigenvalue weighted by atomic mass is 16.7. The van der Waals surface area contributed by atoms with Crippen molar-refractivity contribution in [2.75, 3.05) is 41.2 Å². The normalized spacial score (nSPS) is 60.2. The van der Waals surface area contributed by atoms with Gasteiger partial charge < -0.3 is 33.5 Å². The van der Waals surface area contributed by atoms with E-state index in [1.807, 2.05) is 0 Å². The smallest absolute Gasteiger partial charge is 0.303 e. The number of carbonyl (C=O) groups is 1. The van der Waals surface area contributed by atoms with Crippen LogP contribution in [-0.2, 0) is 33.2 Å². The van der Waals surface area contributed by atoms with Gasteiger partial charge in [-0.3, -0.25) is 9.69 Å². The summed E-state index contributed by atoms with van der Waals surface area (Å²) in [5, 5.41) is 13.4. The number of esters is 1. The Labute approximate surface area is 213 Å². The minimum atomic E-state index is -1.16. The van der Waals surface area contributed by atoms with Crippen molar-refractivity contribution in [1.29, 1.82) is 0 Å². The number of rotatable bonds is 5. The first-order chi connectivity index (χ1) is 17.2. The van der Waals surface area contributed by atoms with Gasteiger partial charge in [-0.25, -0.2) is 0 Å². The molecule has 0 aromatic carbocycles. The molecule has 3 spiro atoms. The molecule has 13 atom stereocenters. The number of ether oxygens (including phenoxy) is 6. The predicted octanol–water partition coefficient (Wildman–Crippen LogP) is 1.35. The lowest BCUT2D eigenvalue weighted by atomic mass is 9.41. The van der Waals surface area contributed by atoms with Crippen LogP contribution in [0.25, 0.3) is 0 Å². The summed E-state index contributed by atoms with van der Waals surface area (Å²) in [4.78, 5) is 15.3. The van der Waals surface area contributed by atoms with Crippen LogP contribution in [0.2, 0.25) is 0 Å². The van der Waals surface area contributed by atoms with Crippen LogP contribution in [0.1, 0.15) is 46.5 Å². The monoisotopic (exact) mass is 507 g/mol. The zero-order chi connectivity index (χ0) is 25.5. The van der Waals surface area contributed by atoms with Crippen LogP contribution in [0.15, 0.2) is 0 Å². The molecule has 202 valence electrons. The Morgan fingerprint density at radius 1 is 1.11 bits per heavy atom. The number of likely N-dealkylation sites (N-methyl/N-ethyl adjacent to an activating group) is 1. The van der Waals surface area contributed by atoms with Gasteiger partial charge in [-0.1, -0.05) is 13.8 Å². The second-order valence-electron chi connectivity index (χ2n) is 12.9. The topological polar surface area (TPSA) is 95.9 Å². The van der Waals surface area contributed by atoms with Gasteiger partial charge in [-0.2, -0.15) is 0 Å². The predicted molar refractivity (Wildman–Crippen MR) is 126 cm³/mol. The van der Waals surface area contributed by atoms with Crippen molar-refractivity contribution >= 4 is 5.97 Å². The molecule has 0 amide bonds. The van der Waals surface area contributed by atoms with Crippen LogP contribution in [0, 0.1) is 28.6 Å². The standard InChI is InChI=1S/C27H41NO8/c1-7-28-12-23(3)9-8-17(32-5)26-20(23)21(36-14(2)29)27(22(26)28)25(34-13-35-27)11-16(31-4)15-10-24(26,30)19(25)18(15)33-6/h15-22,30H,7-13H2,1-6H3/t15-,16+,17+,18+,19+,20-,21+,22+,23+,24+,25-,26-,27?/m1/s1. The molecule has 1 N–H and O–H groups in total. The molecule has 36 heavy (non-hydrogen) atoms. The fraction of sp³-hybridized carbons (Fsp3) is 0.963. The third kappa shape index (κ3) is 2.16. The minimum absolute atomic E-state index is 0.0317. The van der Waals surface area contributed by atoms with E-state index in [1.165, 1.54) is 6.92 Å². The number of likely N-dealkylation sites (tertiary alicyclic amines) is 1. The summed E-state index contributed by atoms with van der Waals surface area (Å²) < 4.78 is 38.7. The fourth-order valence-corrected chi connectivity index (χ4v) is 11.7. The lowest BCUT2D eigenvalue weighted by molar-refractivity contribution is -0.332. The van der Waals surface area contributed by atoms with Gasteiger partial charge in [0, 0.05) is 59.0 Å². The summed E-state index contributed by atoms with van der Waals surface area (Å²) in [5.41, 5.74) is -3.94. The molecular formula is C27H41NO8. The Morgan fingerprint density at radius 3 is 2.53 bits per heavy atom. The lowest BCUT2D eigenvalue weighted by Crippen LogP contribution is -2.85. The minimum Gasteiger partial charge on any atom is -0.459 e. The lowest BCUT2D eigenvalue weighted by Gasteiger charge is -2.71. The maximum atomic E-state index is 13.4. The molecule has 9 heteroatoms. The van der Waals surface area contributed by atoms with Gasteiger partial charge in [0.2, 0.25) is 0 Å². The van der Waals surface area contributed by atoms with Crippen molar-refractivity contribution < 1.29 is 38.3 Å². The second kappa shape index (κ2) is 7.23. The van der Waals surface area contributed by atoms with Crippen molar-refractivity contribution in [1.82, 2.24) is 4.90 Å². The highest BCUT2D eigenvalue weighted by Gasteiger charge is 2.97. The third-order valence-corrected chi connectivity index (χ3v) is 12.2. The van der Waals surface area contributed by atoms with Gasteiger partial charge in [0.1, 0.15) is 18.5 Å². The number of methoxy groups -OCH3 is 3. The largest absolute Gasteiger partial charge is 0.459 e. The van der Waals surface area contributed by atoms with E-state index >= 15 is 0 Å². The quantitative estimate of drug-likeness (QED) is 0.553. The van der Waals surface area contributed by atoms with Crippen LogP contribution < -0.4 is 0 Å². The SMILES string of the molecule is CCN1C[C@]2(C)CC[C@H](OC)[C@@]34[C@H]1C1(OCO[C@@]15C[C@H](OC)[C@H]1C[C@]3(O)[C@@H]5[C@H]1OC)[C@@H](OC(C)=O)[C@H]24. The van der Waals surface area contributed by atoms with Gasteiger partial charge in [-0.15, -0.1) is 0 Å². The molecule has 2 aliphatic heterocycles. The van der Waals surface area contributed by atoms with Gasteiger partial charge >= 0.3 is 5.97 Å².